The van der Waals surface area contributed by atoms with E-state index in [9.17, 15) is 14.3 Å². The standard InChI is InChI=1S/C23H22FN5O3/c1-29-16-11-14(4-5-15(16)26-22(29)24)23(9-10-23)21(31)28-18-7-6-17(30)20(27-18)13-3-8-19(32-2)25-12-13/h3-8,11-12,22,26,30H,9-10H2,1-2H3,(H,27,28,31). The van der Waals surface area contributed by atoms with E-state index < -0.39 is 11.8 Å². The fraction of sp³-hybridized carbons (Fsp3) is 0.261. The highest BCUT2D eigenvalue weighted by Crippen LogP contribution is 2.51. The summed E-state index contributed by atoms with van der Waals surface area (Å²) in [6.07, 6.45) is 1.65. The maximum absolute atomic E-state index is 13.9. The molecule has 164 valence electrons. The number of ether oxygens (including phenoxy) is 1. The number of benzene rings is 1. The smallest absolute Gasteiger partial charge is 0.247 e. The molecule has 5 rings (SSSR count). The number of rotatable bonds is 5. The van der Waals surface area contributed by atoms with Crippen molar-refractivity contribution in [1.82, 2.24) is 9.97 Å². The third-order valence-corrected chi connectivity index (χ3v) is 6.06. The molecule has 0 radical (unpaired) electrons. The summed E-state index contributed by atoms with van der Waals surface area (Å²) in [7, 11) is 3.19. The van der Waals surface area contributed by atoms with Gasteiger partial charge in [0, 0.05) is 24.9 Å². The third kappa shape index (κ3) is 3.26. The second-order valence-electron chi connectivity index (χ2n) is 8.01. The number of pyridine rings is 2. The van der Waals surface area contributed by atoms with Gasteiger partial charge in [0.15, 0.2) is 0 Å². The topological polar surface area (TPSA) is 99.6 Å². The molecule has 3 heterocycles. The van der Waals surface area contributed by atoms with E-state index >= 15 is 0 Å². The molecule has 0 saturated heterocycles. The van der Waals surface area contributed by atoms with E-state index in [1.807, 2.05) is 18.2 Å². The summed E-state index contributed by atoms with van der Waals surface area (Å²) in [5.41, 5.74) is 2.50. The lowest BCUT2D eigenvalue weighted by atomic mass is 9.94. The van der Waals surface area contributed by atoms with Crippen molar-refractivity contribution in [2.45, 2.75) is 24.7 Å². The number of amides is 1. The molecule has 1 aliphatic heterocycles. The number of fused-ring (bicyclic) bond motifs is 1. The summed E-state index contributed by atoms with van der Waals surface area (Å²) < 4.78 is 19.0. The molecule has 3 N–H and O–H groups in total. The molecule has 32 heavy (non-hydrogen) atoms. The monoisotopic (exact) mass is 435 g/mol. The van der Waals surface area contributed by atoms with Gasteiger partial charge in [0.05, 0.1) is 23.9 Å². The Hall–Kier alpha value is -3.88. The zero-order chi connectivity index (χ0) is 22.5. The largest absolute Gasteiger partial charge is 0.506 e. The molecule has 1 atom stereocenters. The Kier molecular flexibility index (Phi) is 4.61. The molecular formula is C23H22FN5O3. The number of hydrogen-bond donors (Lipinski definition) is 3. The van der Waals surface area contributed by atoms with E-state index in [1.54, 1.807) is 31.4 Å². The summed E-state index contributed by atoms with van der Waals surface area (Å²) in [5.74, 6) is 0.571. The van der Waals surface area contributed by atoms with Gasteiger partial charge in [-0.1, -0.05) is 6.07 Å². The van der Waals surface area contributed by atoms with Crippen LogP contribution in [-0.4, -0.2) is 41.6 Å². The fourth-order valence-corrected chi connectivity index (χ4v) is 3.97. The number of carbonyl (C=O) groups is 1. The van der Waals surface area contributed by atoms with Gasteiger partial charge in [-0.3, -0.25) is 4.79 Å². The average Bonchev–Trinajstić information content (AvgIpc) is 3.57. The molecular weight excluding hydrogens is 413 g/mol. The molecule has 1 saturated carbocycles. The second kappa shape index (κ2) is 7.37. The number of alkyl halides is 1. The number of anilines is 3. The molecule has 0 bridgehead atoms. The first kappa shape index (κ1) is 20.0. The first-order valence-electron chi connectivity index (χ1n) is 10.2. The Labute approximate surface area is 184 Å². The number of methoxy groups -OCH3 is 1. The number of aromatic nitrogens is 2. The van der Waals surface area contributed by atoms with Crippen LogP contribution < -0.4 is 20.3 Å². The highest BCUT2D eigenvalue weighted by atomic mass is 19.1. The second-order valence-corrected chi connectivity index (χ2v) is 8.01. The van der Waals surface area contributed by atoms with Gasteiger partial charge in [-0.25, -0.2) is 9.97 Å². The van der Waals surface area contributed by atoms with Gasteiger partial charge in [0.25, 0.3) is 0 Å². The molecule has 2 aromatic heterocycles. The minimum Gasteiger partial charge on any atom is -0.506 e. The zero-order valence-corrected chi connectivity index (χ0v) is 17.6. The Morgan fingerprint density at radius 1 is 1.28 bits per heavy atom. The number of aromatic hydroxyl groups is 1. The van der Waals surface area contributed by atoms with Gasteiger partial charge in [-0.2, -0.15) is 4.39 Å². The maximum Gasteiger partial charge on any atom is 0.247 e. The van der Waals surface area contributed by atoms with Crippen LogP contribution in [0.5, 0.6) is 11.6 Å². The number of hydrogen-bond acceptors (Lipinski definition) is 7. The van der Waals surface area contributed by atoms with Crippen LogP contribution in [0.15, 0.2) is 48.7 Å². The van der Waals surface area contributed by atoms with Crippen molar-refractivity contribution in [2.24, 2.45) is 0 Å². The molecule has 1 fully saturated rings. The van der Waals surface area contributed by atoms with Crippen molar-refractivity contribution >= 4 is 23.1 Å². The molecule has 8 nitrogen and oxygen atoms in total. The molecule has 9 heteroatoms. The first-order valence-corrected chi connectivity index (χ1v) is 10.2. The Balaban J connectivity index is 1.40. The van der Waals surface area contributed by atoms with E-state index in [0.29, 0.717) is 41.5 Å². The van der Waals surface area contributed by atoms with E-state index in [2.05, 4.69) is 20.6 Å². The molecule has 3 aromatic rings. The highest BCUT2D eigenvalue weighted by Gasteiger charge is 2.52. The number of halogens is 1. The van der Waals surface area contributed by atoms with Crippen LogP contribution in [0.25, 0.3) is 11.3 Å². The maximum atomic E-state index is 13.9. The third-order valence-electron chi connectivity index (χ3n) is 6.06. The summed E-state index contributed by atoms with van der Waals surface area (Å²) in [6, 6.07) is 12.0. The lowest BCUT2D eigenvalue weighted by Crippen LogP contribution is -2.29. The van der Waals surface area contributed by atoms with Crippen molar-refractivity contribution in [3.8, 4) is 22.9 Å². The van der Waals surface area contributed by atoms with Crippen LogP contribution >= 0.6 is 0 Å². The zero-order valence-electron chi connectivity index (χ0n) is 17.6. The first-order chi connectivity index (χ1) is 15.4. The lowest BCUT2D eigenvalue weighted by molar-refractivity contribution is -0.118. The Bertz CT molecular complexity index is 1200. The predicted octanol–water partition coefficient (Wildman–Crippen LogP) is 3.64. The Morgan fingerprint density at radius 2 is 2.09 bits per heavy atom. The van der Waals surface area contributed by atoms with Crippen molar-refractivity contribution in [1.29, 1.82) is 0 Å². The molecule has 1 aliphatic carbocycles. The average molecular weight is 435 g/mol. The normalized spacial score (nSPS) is 18.0. The minimum atomic E-state index is -1.28. The van der Waals surface area contributed by atoms with Crippen molar-refractivity contribution in [3.05, 3.63) is 54.2 Å². The van der Waals surface area contributed by atoms with Gasteiger partial charge in [-0.05, 0) is 48.7 Å². The van der Waals surface area contributed by atoms with Gasteiger partial charge < -0.3 is 25.4 Å². The summed E-state index contributed by atoms with van der Waals surface area (Å²) in [4.78, 5) is 23.3. The SMILES string of the molecule is COc1ccc(-c2nc(NC(=O)C3(c4ccc5c(c4)N(C)C(F)N5)CC3)ccc2O)cn1. The van der Waals surface area contributed by atoms with E-state index in [-0.39, 0.29) is 11.7 Å². The van der Waals surface area contributed by atoms with Crippen LogP contribution in [0, 0.1) is 0 Å². The van der Waals surface area contributed by atoms with Crippen LogP contribution in [0.1, 0.15) is 18.4 Å². The van der Waals surface area contributed by atoms with Crippen LogP contribution in [0.3, 0.4) is 0 Å². The highest BCUT2D eigenvalue weighted by molar-refractivity contribution is 6.01. The van der Waals surface area contributed by atoms with E-state index in [1.165, 1.54) is 18.1 Å². The van der Waals surface area contributed by atoms with Gasteiger partial charge in [0.1, 0.15) is 17.3 Å². The summed E-state index contributed by atoms with van der Waals surface area (Å²) >= 11 is 0. The molecule has 1 unspecified atom stereocenters. The quantitative estimate of drug-likeness (QED) is 0.526. The molecule has 1 amide bonds. The number of nitrogens with one attached hydrogen (secondary N) is 2. The van der Waals surface area contributed by atoms with Crippen molar-refractivity contribution < 1.29 is 19.0 Å². The van der Waals surface area contributed by atoms with Gasteiger partial charge in [0.2, 0.25) is 18.2 Å². The Morgan fingerprint density at radius 3 is 2.78 bits per heavy atom. The van der Waals surface area contributed by atoms with E-state index in [0.717, 1.165) is 11.3 Å². The number of nitrogens with zero attached hydrogens (tertiary/aromatic N) is 3. The van der Waals surface area contributed by atoms with Gasteiger partial charge in [-0.15, -0.1) is 0 Å². The lowest BCUT2D eigenvalue weighted by Gasteiger charge is -2.19. The molecule has 2 aliphatic rings. The van der Waals surface area contributed by atoms with Crippen molar-refractivity contribution in [2.75, 3.05) is 29.7 Å². The van der Waals surface area contributed by atoms with Crippen LogP contribution in [0.2, 0.25) is 0 Å². The van der Waals surface area contributed by atoms with Crippen molar-refractivity contribution in [3.63, 3.8) is 0 Å². The summed E-state index contributed by atoms with van der Waals surface area (Å²) in [5, 5.41) is 15.9. The van der Waals surface area contributed by atoms with Crippen LogP contribution in [-0.2, 0) is 10.2 Å². The fourth-order valence-electron chi connectivity index (χ4n) is 3.97. The predicted molar refractivity (Wildman–Crippen MR) is 119 cm³/mol. The molecule has 0 spiro atoms. The van der Waals surface area contributed by atoms with Gasteiger partial charge >= 0.3 is 0 Å². The minimum absolute atomic E-state index is 0.0222. The number of carbonyl (C=O) groups excluding carboxylic acids is 1. The summed E-state index contributed by atoms with van der Waals surface area (Å²) in [6.45, 7) is 0. The molecule has 1 aromatic carbocycles. The van der Waals surface area contributed by atoms with Crippen LogP contribution in [0.4, 0.5) is 21.6 Å². The van der Waals surface area contributed by atoms with E-state index in [4.69, 9.17) is 4.74 Å².